The average Bonchev–Trinajstić information content (AvgIpc) is 3.13. The number of carbonyl (C=O) groups is 4. The lowest BCUT2D eigenvalue weighted by atomic mass is 10.0. The minimum Gasteiger partial charge on any atom is -0.496 e. The number of carbonyl (C=O) groups excluding carboxylic acids is 4. The first-order valence-electron chi connectivity index (χ1n) is 19.4. The first-order valence-corrected chi connectivity index (χ1v) is 23.2. The molecule has 0 saturated heterocycles. The maximum absolute atomic E-state index is 13.3. The molecule has 0 saturated carbocycles. The Morgan fingerprint density at radius 1 is 0.623 bits per heavy atom. The molecule has 0 aliphatic heterocycles. The van der Waals surface area contributed by atoms with E-state index in [1.807, 2.05) is 60.6 Å². The van der Waals surface area contributed by atoms with E-state index in [2.05, 4.69) is 10.9 Å². The molecule has 1 unspecified atom stereocenters. The minimum absolute atomic E-state index is 0.132. The zero-order valence-electron chi connectivity index (χ0n) is 37.7. The Balaban J connectivity index is 0.000000325. The fourth-order valence-electron chi connectivity index (χ4n) is 6.53. The van der Waals surface area contributed by atoms with Crippen molar-refractivity contribution in [3.8, 4) is 11.5 Å². The van der Waals surface area contributed by atoms with E-state index in [9.17, 15) is 31.8 Å². The van der Waals surface area contributed by atoms with Crippen LogP contribution in [0.15, 0.2) is 72.8 Å². The van der Waals surface area contributed by atoms with Crippen molar-refractivity contribution in [2.45, 2.75) is 91.8 Å². The number of nitrogens with one attached hydrogen (secondary N) is 2. The molecule has 0 heterocycles. The molecule has 4 amide bonds. The summed E-state index contributed by atoms with van der Waals surface area (Å²) in [6.07, 6.45) is 2.66. The molecule has 330 valence electrons. The molecule has 4 aromatic rings. The van der Waals surface area contributed by atoms with Gasteiger partial charge in [-0.05, 0) is 118 Å². The Kier molecular flexibility index (Phi) is 16.6. The number of sulfone groups is 1. The van der Waals surface area contributed by atoms with Gasteiger partial charge in [-0.25, -0.2) is 18.4 Å². The second-order valence-corrected chi connectivity index (χ2v) is 20.6. The number of ether oxygens (including phenoxy) is 2. The Morgan fingerprint density at radius 3 is 1.28 bits per heavy atom. The van der Waals surface area contributed by atoms with Crippen LogP contribution in [0.4, 0.5) is 0 Å². The minimum atomic E-state index is -3.43. The number of nitrogens with zero attached hydrogens (tertiary/aromatic N) is 2. The molecule has 15 heteroatoms. The summed E-state index contributed by atoms with van der Waals surface area (Å²) in [7, 11) is -1.69. The lowest BCUT2D eigenvalue weighted by molar-refractivity contribution is 0.0356. The number of hydrogen-bond donors (Lipinski definition) is 2. The van der Waals surface area contributed by atoms with Crippen molar-refractivity contribution >= 4 is 44.3 Å². The molecular weight excluding hydrogens is 817 g/mol. The molecule has 4 aromatic carbocycles. The number of aryl methyl sites for hydroxylation is 4. The van der Waals surface area contributed by atoms with Gasteiger partial charge in [0.25, 0.3) is 23.6 Å². The van der Waals surface area contributed by atoms with E-state index in [0.29, 0.717) is 33.8 Å². The summed E-state index contributed by atoms with van der Waals surface area (Å²) in [4.78, 5) is 52.9. The molecule has 0 radical (unpaired) electrons. The first-order chi connectivity index (χ1) is 28.2. The van der Waals surface area contributed by atoms with Crippen LogP contribution in [0.1, 0.15) is 116 Å². The monoisotopic (exact) mass is 876 g/mol. The van der Waals surface area contributed by atoms with Crippen LogP contribution in [0.5, 0.6) is 11.5 Å². The Labute approximate surface area is 363 Å². The summed E-state index contributed by atoms with van der Waals surface area (Å²) in [5.41, 5.74) is 10.1. The van der Waals surface area contributed by atoms with E-state index >= 15 is 0 Å². The van der Waals surface area contributed by atoms with Crippen LogP contribution in [-0.2, 0) is 32.1 Å². The summed E-state index contributed by atoms with van der Waals surface area (Å²) in [5, 5.41) is 2.61. The van der Waals surface area contributed by atoms with Crippen LogP contribution in [0.25, 0.3) is 0 Å². The quantitative estimate of drug-likeness (QED) is 0.156. The Bertz CT molecular complexity index is 2380. The van der Waals surface area contributed by atoms with Crippen LogP contribution in [0.3, 0.4) is 0 Å². The van der Waals surface area contributed by atoms with E-state index in [1.54, 1.807) is 81.6 Å². The van der Waals surface area contributed by atoms with Gasteiger partial charge in [0.2, 0.25) is 0 Å². The smallest absolute Gasteiger partial charge is 0.272 e. The Morgan fingerprint density at radius 2 is 0.967 bits per heavy atom. The van der Waals surface area contributed by atoms with E-state index in [-0.39, 0.29) is 34.4 Å². The van der Waals surface area contributed by atoms with Gasteiger partial charge < -0.3 is 9.47 Å². The lowest BCUT2D eigenvalue weighted by Crippen LogP contribution is -2.56. The van der Waals surface area contributed by atoms with Gasteiger partial charge in [0.05, 0.1) is 36.8 Å². The summed E-state index contributed by atoms with van der Waals surface area (Å²) in [6, 6.07) is 20.9. The van der Waals surface area contributed by atoms with Crippen molar-refractivity contribution in [1.29, 1.82) is 0 Å². The third-order valence-corrected chi connectivity index (χ3v) is 10.6. The SMILES string of the molecule is COc1cccc(C(=O)NN(C(=O)c2cc(C)cc(C)c2)C(C)(C)C)c1CS(C)(=O)=O.COc1cccc(C(=O)NN(C(=O)c2cc(C)cc(C)c2)C(C)(C)C)c1CS(C)=O. The molecule has 4 rings (SSSR count). The van der Waals surface area contributed by atoms with Gasteiger partial charge in [0.1, 0.15) is 11.5 Å². The summed E-state index contributed by atoms with van der Waals surface area (Å²) < 4.78 is 46.3. The summed E-state index contributed by atoms with van der Waals surface area (Å²) >= 11 is 0. The fraction of sp³-hybridized carbons (Fsp3) is 0.391. The molecule has 0 fully saturated rings. The first kappa shape index (κ1) is 49.8. The van der Waals surface area contributed by atoms with E-state index < -0.39 is 43.5 Å². The maximum Gasteiger partial charge on any atom is 0.272 e. The molecule has 13 nitrogen and oxygen atoms in total. The molecule has 0 aliphatic carbocycles. The topological polar surface area (TPSA) is 168 Å². The van der Waals surface area contributed by atoms with Crippen LogP contribution in [0.2, 0.25) is 0 Å². The highest BCUT2D eigenvalue weighted by atomic mass is 32.2. The van der Waals surface area contributed by atoms with Crippen LogP contribution < -0.4 is 20.3 Å². The summed E-state index contributed by atoms with van der Waals surface area (Å²) in [5.74, 6) is -1.12. The number of methoxy groups -OCH3 is 2. The Hall–Kier alpha value is -5.54. The number of rotatable bonds is 10. The molecule has 0 spiro atoms. The number of amides is 4. The molecule has 0 aromatic heterocycles. The predicted octanol–water partition coefficient (Wildman–Crippen LogP) is 7.22. The van der Waals surface area contributed by atoms with Crippen LogP contribution >= 0.6 is 0 Å². The number of benzene rings is 4. The molecule has 61 heavy (non-hydrogen) atoms. The lowest BCUT2D eigenvalue weighted by Gasteiger charge is -2.36. The van der Waals surface area contributed by atoms with Crippen molar-refractivity contribution < 1.29 is 41.3 Å². The highest BCUT2D eigenvalue weighted by Gasteiger charge is 2.32. The van der Waals surface area contributed by atoms with Gasteiger partial charge in [0, 0.05) is 56.7 Å². The van der Waals surface area contributed by atoms with Gasteiger partial charge in [-0.2, -0.15) is 0 Å². The normalized spacial score (nSPS) is 12.0. The van der Waals surface area contributed by atoms with E-state index in [0.717, 1.165) is 28.5 Å². The summed E-state index contributed by atoms with van der Waals surface area (Å²) in [6.45, 7) is 18.6. The van der Waals surface area contributed by atoms with Crippen molar-refractivity contribution in [3.63, 3.8) is 0 Å². The fourth-order valence-corrected chi connectivity index (χ4v) is 8.05. The second-order valence-electron chi connectivity index (χ2n) is 17.0. The molecular formula is C46H60N4O9S2. The van der Waals surface area contributed by atoms with Crippen LogP contribution in [0, 0.1) is 27.7 Å². The van der Waals surface area contributed by atoms with Gasteiger partial charge >= 0.3 is 0 Å². The highest BCUT2D eigenvalue weighted by molar-refractivity contribution is 7.89. The average molecular weight is 877 g/mol. The third-order valence-electron chi connectivity index (χ3n) is 9.06. The number of hydrogen-bond acceptors (Lipinski definition) is 9. The predicted molar refractivity (Wildman–Crippen MR) is 241 cm³/mol. The van der Waals surface area contributed by atoms with E-state index in [4.69, 9.17) is 9.47 Å². The largest absolute Gasteiger partial charge is 0.496 e. The van der Waals surface area contributed by atoms with Gasteiger partial charge in [0.15, 0.2) is 9.84 Å². The van der Waals surface area contributed by atoms with Crippen LogP contribution in [-0.4, -0.2) is 84.1 Å². The van der Waals surface area contributed by atoms with Crippen molar-refractivity contribution in [2.75, 3.05) is 26.7 Å². The highest BCUT2D eigenvalue weighted by Crippen LogP contribution is 2.27. The van der Waals surface area contributed by atoms with Gasteiger partial charge in [-0.3, -0.25) is 34.2 Å². The van der Waals surface area contributed by atoms with Crippen molar-refractivity contribution in [2.24, 2.45) is 0 Å². The standard InChI is InChI=1S/C23H30N2O5S.C23H30N2O4S/c1-15-11-16(2)13-17(12-15)22(27)25(23(3,4)5)24-21(26)18-9-8-10-20(30-6)19(18)14-31(7,28)29;1-15-11-16(2)13-17(12-15)22(27)25(23(3,4)5)24-21(26)18-9-8-10-20(29-6)19(18)14-30(7)28/h8-13H,14H2,1-7H3,(H,24,26);8-13H,14H2,1-7H3,(H,24,26). The van der Waals surface area contributed by atoms with Gasteiger partial charge in [-0.1, -0.05) is 46.5 Å². The van der Waals surface area contributed by atoms with Crippen molar-refractivity contribution in [3.05, 3.63) is 128 Å². The molecule has 2 N–H and O–H groups in total. The number of hydrazine groups is 2. The second kappa shape index (κ2) is 20.3. The molecule has 1 atom stereocenters. The molecule has 0 aliphatic rings. The zero-order valence-corrected chi connectivity index (χ0v) is 39.4. The molecule has 0 bridgehead atoms. The maximum atomic E-state index is 13.3. The van der Waals surface area contributed by atoms with Gasteiger partial charge in [-0.15, -0.1) is 0 Å². The zero-order chi connectivity index (χ0) is 46.2. The third kappa shape index (κ3) is 14.0. The van der Waals surface area contributed by atoms with E-state index in [1.165, 1.54) is 30.3 Å². The van der Waals surface area contributed by atoms with Crippen molar-refractivity contribution in [1.82, 2.24) is 20.9 Å².